The zero-order valence-electron chi connectivity index (χ0n) is 12.8. The molecule has 2 aromatic carbocycles. The first kappa shape index (κ1) is 14.8. The van der Waals surface area contributed by atoms with Crippen LogP contribution in [-0.2, 0) is 0 Å². The van der Waals surface area contributed by atoms with Crippen LogP contribution in [0.4, 0.5) is 4.39 Å². The van der Waals surface area contributed by atoms with E-state index < -0.39 is 6.10 Å². The number of H-pyrrole nitrogens is 1. The third-order valence-corrected chi connectivity index (χ3v) is 4.45. The highest BCUT2D eigenvalue weighted by atomic mass is 19.1. The molecule has 4 rings (SSSR count). The molecule has 1 aromatic heterocycles. The third kappa shape index (κ3) is 2.45. The van der Waals surface area contributed by atoms with Gasteiger partial charge in [0, 0.05) is 11.9 Å². The summed E-state index contributed by atoms with van der Waals surface area (Å²) in [4.78, 5) is 14.5. The Balaban J connectivity index is 1.72. The number of fused-ring (bicyclic) bond motifs is 1. The molecule has 0 aliphatic carbocycles. The normalized spacial score (nSPS) is 20.7. The van der Waals surface area contributed by atoms with E-state index in [4.69, 9.17) is 0 Å². The predicted octanol–water partition coefficient (Wildman–Crippen LogP) is 2.65. The summed E-state index contributed by atoms with van der Waals surface area (Å²) in [6, 6.07) is 13.2. The van der Waals surface area contributed by atoms with Gasteiger partial charge in [-0.3, -0.25) is 9.89 Å². The summed E-state index contributed by atoms with van der Waals surface area (Å²) in [6.07, 6.45) is -0.246. The van der Waals surface area contributed by atoms with Gasteiger partial charge in [0.25, 0.3) is 5.91 Å². The van der Waals surface area contributed by atoms with Crippen molar-refractivity contribution in [2.24, 2.45) is 0 Å². The molecule has 0 bridgehead atoms. The second kappa shape index (κ2) is 5.72. The SMILES string of the molecule is O=C(c1n[nH]c2ccccc12)N1C[C@@H](O)C[C@H]1c1cccc(F)c1. The number of hydrogen-bond donors (Lipinski definition) is 2. The van der Waals surface area contributed by atoms with Crippen LogP contribution in [-0.4, -0.2) is 38.8 Å². The fourth-order valence-electron chi connectivity index (χ4n) is 3.33. The maximum Gasteiger partial charge on any atom is 0.275 e. The Kier molecular flexibility index (Phi) is 3.54. The Labute approximate surface area is 137 Å². The molecule has 1 saturated heterocycles. The number of benzene rings is 2. The van der Waals surface area contributed by atoms with E-state index in [-0.39, 0.29) is 24.3 Å². The van der Waals surface area contributed by atoms with Gasteiger partial charge < -0.3 is 10.0 Å². The minimum absolute atomic E-state index is 0.210. The maximum atomic E-state index is 13.5. The number of aliphatic hydroxyl groups is 1. The average Bonchev–Trinajstić information content (AvgIpc) is 3.18. The number of rotatable bonds is 2. The molecular weight excluding hydrogens is 309 g/mol. The predicted molar refractivity (Wildman–Crippen MR) is 86.9 cm³/mol. The highest BCUT2D eigenvalue weighted by Gasteiger charge is 2.37. The lowest BCUT2D eigenvalue weighted by Gasteiger charge is -2.24. The van der Waals surface area contributed by atoms with E-state index >= 15 is 0 Å². The molecule has 24 heavy (non-hydrogen) atoms. The van der Waals surface area contributed by atoms with Crippen LogP contribution in [0.25, 0.3) is 10.9 Å². The number of carbonyl (C=O) groups is 1. The molecule has 1 aliphatic rings. The van der Waals surface area contributed by atoms with Crippen LogP contribution in [0.1, 0.15) is 28.5 Å². The van der Waals surface area contributed by atoms with Gasteiger partial charge in [-0.25, -0.2) is 4.39 Å². The summed E-state index contributed by atoms with van der Waals surface area (Å²) in [5, 5.41) is 17.8. The molecule has 2 heterocycles. The molecule has 122 valence electrons. The van der Waals surface area contributed by atoms with E-state index in [2.05, 4.69) is 10.2 Å². The van der Waals surface area contributed by atoms with Crippen molar-refractivity contribution < 1.29 is 14.3 Å². The van der Waals surface area contributed by atoms with Crippen molar-refractivity contribution in [3.8, 4) is 0 Å². The van der Waals surface area contributed by atoms with E-state index in [9.17, 15) is 14.3 Å². The first-order chi connectivity index (χ1) is 11.6. The number of aromatic amines is 1. The van der Waals surface area contributed by atoms with Crippen molar-refractivity contribution in [3.05, 3.63) is 65.6 Å². The van der Waals surface area contributed by atoms with E-state index in [1.807, 2.05) is 24.3 Å². The lowest BCUT2D eigenvalue weighted by Crippen LogP contribution is -2.32. The molecule has 2 N–H and O–H groups in total. The van der Waals surface area contributed by atoms with Crippen molar-refractivity contribution in [1.29, 1.82) is 0 Å². The van der Waals surface area contributed by atoms with Gasteiger partial charge in [0.15, 0.2) is 5.69 Å². The molecule has 1 aliphatic heterocycles. The first-order valence-electron chi connectivity index (χ1n) is 7.81. The molecule has 3 aromatic rings. The summed E-state index contributed by atoms with van der Waals surface area (Å²) in [5.41, 5.74) is 1.78. The monoisotopic (exact) mass is 325 g/mol. The zero-order valence-corrected chi connectivity index (χ0v) is 12.8. The van der Waals surface area contributed by atoms with Gasteiger partial charge in [0.2, 0.25) is 0 Å². The van der Waals surface area contributed by atoms with Gasteiger partial charge in [-0.15, -0.1) is 0 Å². The molecule has 2 atom stereocenters. The number of amides is 1. The molecule has 1 fully saturated rings. The number of halogens is 1. The Morgan fingerprint density at radius 1 is 1.25 bits per heavy atom. The third-order valence-electron chi connectivity index (χ3n) is 4.45. The van der Waals surface area contributed by atoms with Gasteiger partial charge in [-0.1, -0.05) is 30.3 Å². The summed E-state index contributed by atoms with van der Waals surface area (Å²) in [7, 11) is 0. The number of aliphatic hydroxyl groups excluding tert-OH is 1. The summed E-state index contributed by atoms with van der Waals surface area (Å²) in [5.74, 6) is -0.621. The number of hydrogen-bond acceptors (Lipinski definition) is 3. The van der Waals surface area contributed by atoms with Gasteiger partial charge in [0.05, 0.1) is 17.7 Å². The van der Waals surface area contributed by atoms with Crippen molar-refractivity contribution >= 4 is 16.8 Å². The van der Waals surface area contributed by atoms with Gasteiger partial charge in [-0.2, -0.15) is 5.10 Å². The lowest BCUT2D eigenvalue weighted by molar-refractivity contribution is 0.0711. The zero-order chi connectivity index (χ0) is 16.7. The Hall–Kier alpha value is -2.73. The molecular formula is C18H16FN3O2. The molecule has 0 radical (unpaired) electrons. The smallest absolute Gasteiger partial charge is 0.275 e. The number of likely N-dealkylation sites (tertiary alicyclic amines) is 1. The lowest BCUT2D eigenvalue weighted by atomic mass is 10.0. The van der Waals surface area contributed by atoms with E-state index in [0.717, 1.165) is 10.9 Å². The van der Waals surface area contributed by atoms with E-state index in [1.165, 1.54) is 12.1 Å². The number of β-amino-alcohol motifs (C(OH)–C–C–N with tert-alkyl or cyclic N) is 1. The van der Waals surface area contributed by atoms with Gasteiger partial charge in [0.1, 0.15) is 5.82 Å². The van der Waals surface area contributed by atoms with Crippen LogP contribution < -0.4 is 0 Å². The van der Waals surface area contributed by atoms with Crippen LogP contribution in [0.2, 0.25) is 0 Å². The van der Waals surface area contributed by atoms with Gasteiger partial charge >= 0.3 is 0 Å². The fraction of sp³-hybridized carbons (Fsp3) is 0.222. The topological polar surface area (TPSA) is 69.2 Å². The molecule has 1 amide bonds. The number of nitrogens with one attached hydrogen (secondary N) is 1. The van der Waals surface area contributed by atoms with Crippen molar-refractivity contribution in [3.63, 3.8) is 0 Å². The van der Waals surface area contributed by atoms with Crippen LogP contribution in [0.3, 0.4) is 0 Å². The van der Waals surface area contributed by atoms with Crippen molar-refractivity contribution in [1.82, 2.24) is 15.1 Å². The second-order valence-corrected chi connectivity index (χ2v) is 6.04. The molecule has 5 nitrogen and oxygen atoms in total. The Morgan fingerprint density at radius 3 is 2.92 bits per heavy atom. The second-order valence-electron chi connectivity index (χ2n) is 6.04. The minimum Gasteiger partial charge on any atom is -0.391 e. The van der Waals surface area contributed by atoms with Crippen LogP contribution in [0.5, 0.6) is 0 Å². The molecule has 0 saturated carbocycles. The molecule has 0 unspecified atom stereocenters. The van der Waals surface area contributed by atoms with Gasteiger partial charge in [-0.05, 0) is 30.2 Å². The number of nitrogens with zero attached hydrogens (tertiary/aromatic N) is 2. The number of aromatic nitrogens is 2. The highest BCUT2D eigenvalue weighted by Crippen LogP contribution is 2.34. The maximum absolute atomic E-state index is 13.5. The van der Waals surface area contributed by atoms with Crippen LogP contribution >= 0.6 is 0 Å². The van der Waals surface area contributed by atoms with E-state index in [1.54, 1.807) is 17.0 Å². The van der Waals surface area contributed by atoms with E-state index in [0.29, 0.717) is 17.7 Å². The van der Waals surface area contributed by atoms with Crippen molar-refractivity contribution in [2.75, 3.05) is 6.54 Å². The quantitative estimate of drug-likeness (QED) is 0.761. The standard InChI is InChI=1S/C18H16FN3O2/c19-12-5-3-4-11(8-12)16-9-13(23)10-22(16)18(24)17-14-6-1-2-7-15(14)20-21-17/h1-8,13,16,23H,9-10H2,(H,20,21)/t13-,16-/m0/s1. The summed E-state index contributed by atoms with van der Waals surface area (Å²) >= 11 is 0. The number of para-hydroxylation sites is 1. The number of carbonyl (C=O) groups excluding carboxylic acids is 1. The van der Waals surface area contributed by atoms with Crippen LogP contribution in [0, 0.1) is 5.82 Å². The summed E-state index contributed by atoms with van der Waals surface area (Å²) < 4.78 is 13.5. The highest BCUT2D eigenvalue weighted by molar-refractivity contribution is 6.04. The minimum atomic E-state index is -0.632. The molecule has 0 spiro atoms. The van der Waals surface area contributed by atoms with Crippen molar-refractivity contribution in [2.45, 2.75) is 18.6 Å². The Bertz CT molecular complexity index is 908. The summed E-state index contributed by atoms with van der Waals surface area (Å²) in [6.45, 7) is 0.210. The van der Waals surface area contributed by atoms with Crippen LogP contribution in [0.15, 0.2) is 48.5 Å². The molecule has 6 heteroatoms. The Morgan fingerprint density at radius 2 is 2.08 bits per heavy atom. The first-order valence-corrected chi connectivity index (χ1v) is 7.81. The fourth-order valence-corrected chi connectivity index (χ4v) is 3.33. The average molecular weight is 325 g/mol. The largest absolute Gasteiger partial charge is 0.391 e.